The van der Waals surface area contributed by atoms with Crippen LogP contribution in [0.15, 0.2) is 24.3 Å². The molecule has 0 bridgehead atoms. The van der Waals surface area contributed by atoms with Crippen LogP contribution in [0, 0.1) is 16.2 Å². The van der Waals surface area contributed by atoms with E-state index in [1.807, 2.05) is 20.8 Å². The van der Waals surface area contributed by atoms with E-state index in [9.17, 15) is 19.5 Å². The minimum atomic E-state index is -0.947. The van der Waals surface area contributed by atoms with Gasteiger partial charge in [-0.3, -0.25) is 14.4 Å². The van der Waals surface area contributed by atoms with Crippen LogP contribution >= 0.6 is 0 Å². The number of hydrogen-bond donors (Lipinski definition) is 2. The molecule has 1 aliphatic carbocycles. The van der Waals surface area contributed by atoms with Crippen LogP contribution in [0.25, 0.3) is 0 Å². The molecule has 1 fully saturated rings. The Labute approximate surface area is 142 Å². The first kappa shape index (κ1) is 18.2. The van der Waals surface area contributed by atoms with E-state index < -0.39 is 22.2 Å². The fraction of sp³-hybridized carbons (Fsp3) is 0.526. The summed E-state index contributed by atoms with van der Waals surface area (Å²) in [5.41, 5.74) is -1.25. The summed E-state index contributed by atoms with van der Waals surface area (Å²) < 4.78 is 0. The summed E-state index contributed by atoms with van der Waals surface area (Å²) in [5.74, 6) is -1.09. The second kappa shape index (κ2) is 5.72. The number of nitrogens with one attached hydrogen (secondary N) is 1. The van der Waals surface area contributed by atoms with E-state index in [1.165, 1.54) is 6.92 Å². The average molecular weight is 331 g/mol. The number of aliphatic carboxylic acids is 1. The number of hydrogen-bond acceptors (Lipinski definition) is 3. The van der Waals surface area contributed by atoms with E-state index in [0.29, 0.717) is 24.1 Å². The topological polar surface area (TPSA) is 83.5 Å². The number of anilines is 1. The molecular formula is C19H25NO4. The highest BCUT2D eigenvalue weighted by Gasteiger charge is 2.64. The third-order valence-corrected chi connectivity index (χ3v) is 6.41. The molecule has 2 atom stereocenters. The predicted octanol–water partition coefficient (Wildman–Crippen LogP) is 3.74. The van der Waals surface area contributed by atoms with Gasteiger partial charge in [0.2, 0.25) is 5.91 Å². The molecule has 2 N–H and O–H groups in total. The Balaban J connectivity index is 2.26. The Morgan fingerprint density at radius 2 is 1.46 bits per heavy atom. The number of amides is 1. The monoisotopic (exact) mass is 331 g/mol. The maximum atomic E-state index is 12.9. The Morgan fingerprint density at radius 3 is 1.88 bits per heavy atom. The third-order valence-electron chi connectivity index (χ3n) is 6.41. The van der Waals surface area contributed by atoms with Crippen LogP contribution in [0.3, 0.4) is 0 Å². The van der Waals surface area contributed by atoms with Crippen LogP contribution in [-0.4, -0.2) is 22.8 Å². The van der Waals surface area contributed by atoms with Crippen molar-refractivity contribution < 1.29 is 19.5 Å². The normalized spacial score (nSPS) is 28.4. The lowest BCUT2D eigenvalue weighted by atomic mass is 9.59. The molecule has 1 aromatic rings. The molecule has 0 aromatic heterocycles. The summed E-state index contributed by atoms with van der Waals surface area (Å²) in [6.07, 6.45) is 0.975. The van der Waals surface area contributed by atoms with Gasteiger partial charge in [0.25, 0.3) is 0 Å². The minimum Gasteiger partial charge on any atom is -0.481 e. The number of rotatable bonds is 4. The van der Waals surface area contributed by atoms with Gasteiger partial charge in [0.1, 0.15) is 0 Å². The lowest BCUT2D eigenvalue weighted by molar-refractivity contribution is -0.157. The van der Waals surface area contributed by atoms with Crippen molar-refractivity contribution in [3.8, 4) is 0 Å². The number of Topliss-reactive ketones (excluding diaryl/α,β-unsaturated/α-hetero) is 1. The first-order valence-corrected chi connectivity index (χ1v) is 8.11. The largest absolute Gasteiger partial charge is 0.481 e. The molecule has 1 aromatic carbocycles. The maximum absolute atomic E-state index is 12.9. The zero-order valence-corrected chi connectivity index (χ0v) is 14.9. The van der Waals surface area contributed by atoms with Gasteiger partial charge in [0.15, 0.2) is 5.78 Å². The highest BCUT2D eigenvalue weighted by Crippen LogP contribution is 2.62. The molecule has 0 radical (unpaired) electrons. The van der Waals surface area contributed by atoms with Crippen LogP contribution in [-0.2, 0) is 9.59 Å². The molecule has 130 valence electrons. The SMILES string of the molecule is CC(=O)c1ccc(NC(=O)C2(C)CCC(C)(C(=O)O)C2(C)C)cc1. The van der Waals surface area contributed by atoms with Gasteiger partial charge in [-0.05, 0) is 56.4 Å². The zero-order chi connectivity index (χ0) is 18.3. The quantitative estimate of drug-likeness (QED) is 0.823. The lowest BCUT2D eigenvalue weighted by Gasteiger charge is -2.44. The predicted molar refractivity (Wildman–Crippen MR) is 91.9 cm³/mol. The number of ketones is 1. The number of carboxylic acids is 1. The number of carbonyl (C=O) groups excluding carboxylic acids is 2. The highest BCUT2D eigenvalue weighted by atomic mass is 16.4. The minimum absolute atomic E-state index is 0.0333. The molecule has 1 amide bonds. The van der Waals surface area contributed by atoms with Crippen molar-refractivity contribution in [2.75, 3.05) is 5.32 Å². The van der Waals surface area contributed by atoms with Gasteiger partial charge >= 0.3 is 5.97 Å². The standard InChI is InChI=1S/C19H25NO4/c1-12(21)13-6-8-14(9-7-13)20-15(22)18(4)10-11-19(5,16(23)24)17(18,2)3/h6-9H,10-11H2,1-5H3,(H,20,22)(H,23,24). The van der Waals surface area contributed by atoms with Gasteiger partial charge < -0.3 is 10.4 Å². The molecule has 2 unspecified atom stereocenters. The van der Waals surface area contributed by atoms with E-state index in [-0.39, 0.29) is 11.7 Å². The first-order valence-electron chi connectivity index (χ1n) is 8.11. The molecule has 24 heavy (non-hydrogen) atoms. The van der Waals surface area contributed by atoms with Crippen LogP contribution < -0.4 is 5.32 Å². The van der Waals surface area contributed by atoms with E-state index >= 15 is 0 Å². The Kier molecular flexibility index (Phi) is 4.33. The molecule has 0 heterocycles. The van der Waals surface area contributed by atoms with Gasteiger partial charge in [0.05, 0.1) is 10.8 Å². The number of benzene rings is 1. The summed E-state index contributed by atoms with van der Waals surface area (Å²) in [6, 6.07) is 6.72. The third kappa shape index (κ3) is 2.52. The van der Waals surface area contributed by atoms with Gasteiger partial charge in [-0.25, -0.2) is 0 Å². The van der Waals surface area contributed by atoms with E-state index in [4.69, 9.17) is 0 Å². The summed E-state index contributed by atoms with van der Waals surface area (Å²) in [4.78, 5) is 36.0. The zero-order valence-electron chi connectivity index (χ0n) is 14.9. The summed E-state index contributed by atoms with van der Waals surface area (Å²) in [7, 11) is 0. The second-order valence-corrected chi connectivity index (χ2v) is 7.68. The van der Waals surface area contributed by atoms with E-state index in [2.05, 4.69) is 5.32 Å². The molecule has 5 heteroatoms. The van der Waals surface area contributed by atoms with Gasteiger partial charge in [0, 0.05) is 11.3 Å². The summed E-state index contributed by atoms with van der Waals surface area (Å²) >= 11 is 0. The van der Waals surface area contributed by atoms with Crippen molar-refractivity contribution in [2.24, 2.45) is 16.2 Å². The van der Waals surface area contributed by atoms with E-state index in [0.717, 1.165) is 0 Å². The van der Waals surface area contributed by atoms with Gasteiger partial charge in [-0.1, -0.05) is 20.8 Å². The Hall–Kier alpha value is -2.17. The molecule has 0 saturated heterocycles. The van der Waals surface area contributed by atoms with Crippen molar-refractivity contribution >= 4 is 23.3 Å². The van der Waals surface area contributed by atoms with Crippen molar-refractivity contribution in [1.82, 2.24) is 0 Å². The Morgan fingerprint density at radius 1 is 0.958 bits per heavy atom. The van der Waals surface area contributed by atoms with Gasteiger partial charge in [-0.2, -0.15) is 0 Å². The fourth-order valence-electron chi connectivity index (χ4n) is 3.56. The average Bonchev–Trinajstić information content (AvgIpc) is 2.70. The Bertz CT molecular complexity index is 692. The first-order chi connectivity index (χ1) is 11.0. The molecule has 2 rings (SSSR count). The van der Waals surface area contributed by atoms with Crippen LogP contribution in [0.2, 0.25) is 0 Å². The molecular weight excluding hydrogens is 306 g/mol. The smallest absolute Gasteiger partial charge is 0.309 e. The number of carboxylic acid groups (broad SMARTS) is 1. The van der Waals surface area contributed by atoms with Crippen molar-refractivity contribution in [1.29, 1.82) is 0 Å². The highest BCUT2D eigenvalue weighted by molar-refractivity contribution is 5.98. The van der Waals surface area contributed by atoms with E-state index in [1.54, 1.807) is 31.2 Å². The molecule has 1 saturated carbocycles. The van der Waals surface area contributed by atoms with Crippen LogP contribution in [0.5, 0.6) is 0 Å². The van der Waals surface area contributed by atoms with Crippen molar-refractivity contribution in [3.63, 3.8) is 0 Å². The van der Waals surface area contributed by atoms with Gasteiger partial charge in [-0.15, -0.1) is 0 Å². The van der Waals surface area contributed by atoms with Crippen LogP contribution in [0.4, 0.5) is 5.69 Å². The summed E-state index contributed by atoms with van der Waals surface area (Å²) in [5, 5.41) is 12.5. The number of carbonyl (C=O) groups is 3. The maximum Gasteiger partial charge on any atom is 0.309 e. The molecule has 0 aliphatic heterocycles. The van der Waals surface area contributed by atoms with Crippen LogP contribution in [0.1, 0.15) is 57.8 Å². The van der Waals surface area contributed by atoms with Crippen molar-refractivity contribution in [3.05, 3.63) is 29.8 Å². The fourth-order valence-corrected chi connectivity index (χ4v) is 3.56. The lowest BCUT2D eigenvalue weighted by Crippen LogP contribution is -2.49. The molecule has 5 nitrogen and oxygen atoms in total. The molecule has 0 spiro atoms. The molecule has 1 aliphatic rings. The second-order valence-electron chi connectivity index (χ2n) is 7.68. The summed E-state index contributed by atoms with van der Waals surface area (Å²) in [6.45, 7) is 8.75. The van der Waals surface area contributed by atoms with Crippen molar-refractivity contribution in [2.45, 2.75) is 47.5 Å².